The second-order valence-electron chi connectivity index (χ2n) is 4.49. The maximum absolute atomic E-state index is 12.1. The van der Waals surface area contributed by atoms with Gasteiger partial charge in [0.1, 0.15) is 0 Å². The molecule has 2 aromatic rings. The lowest BCUT2D eigenvalue weighted by atomic mass is 10.1. The third-order valence-corrected chi connectivity index (χ3v) is 3.76. The largest absolute Gasteiger partial charge is 0.454 e. The first-order valence-electron chi connectivity index (χ1n) is 6.26. The summed E-state index contributed by atoms with van der Waals surface area (Å²) in [6.45, 7) is 0.196. The predicted octanol–water partition coefficient (Wildman–Crippen LogP) is 3.90. The topological polar surface area (TPSA) is 47.6 Å². The van der Waals surface area contributed by atoms with E-state index in [0.717, 1.165) is 0 Å². The van der Waals surface area contributed by atoms with Crippen LogP contribution in [0.2, 0.25) is 10.0 Å². The Bertz CT molecular complexity index is 683. The molecule has 1 amide bonds. The molecule has 0 saturated carbocycles. The maximum Gasteiger partial charge on any atom is 0.231 e. The van der Waals surface area contributed by atoms with Crippen LogP contribution in [0.5, 0.6) is 11.5 Å². The third kappa shape index (κ3) is 3.06. The lowest BCUT2D eigenvalue weighted by Crippen LogP contribution is -2.14. The molecule has 0 atom stereocenters. The minimum atomic E-state index is -0.205. The van der Waals surface area contributed by atoms with Gasteiger partial charge in [0.05, 0.1) is 6.42 Å². The molecule has 21 heavy (non-hydrogen) atoms. The Morgan fingerprint density at radius 3 is 2.57 bits per heavy atom. The quantitative estimate of drug-likeness (QED) is 0.931. The van der Waals surface area contributed by atoms with Gasteiger partial charge in [-0.2, -0.15) is 0 Å². The smallest absolute Gasteiger partial charge is 0.231 e. The second kappa shape index (κ2) is 5.84. The molecule has 0 unspecified atom stereocenters. The fraction of sp³-hybridized carbons (Fsp3) is 0.133. The fourth-order valence-electron chi connectivity index (χ4n) is 2.04. The SMILES string of the molecule is O=C(Cc1c(Cl)cccc1Cl)Nc1ccc2c(c1)OCO2. The highest BCUT2D eigenvalue weighted by atomic mass is 35.5. The molecule has 1 heterocycles. The monoisotopic (exact) mass is 323 g/mol. The van der Waals surface area contributed by atoms with Gasteiger partial charge in [-0.15, -0.1) is 0 Å². The number of hydrogen-bond donors (Lipinski definition) is 1. The van der Waals surface area contributed by atoms with Gasteiger partial charge >= 0.3 is 0 Å². The summed E-state index contributed by atoms with van der Waals surface area (Å²) in [5.41, 5.74) is 1.24. The molecule has 0 radical (unpaired) electrons. The van der Waals surface area contributed by atoms with Crippen molar-refractivity contribution in [3.8, 4) is 11.5 Å². The second-order valence-corrected chi connectivity index (χ2v) is 5.31. The van der Waals surface area contributed by atoms with Crippen molar-refractivity contribution in [2.75, 3.05) is 12.1 Å². The maximum atomic E-state index is 12.1. The highest BCUT2D eigenvalue weighted by Gasteiger charge is 2.15. The van der Waals surface area contributed by atoms with Gasteiger partial charge in [-0.25, -0.2) is 0 Å². The molecular weight excluding hydrogens is 313 g/mol. The Labute approximate surface area is 131 Å². The molecule has 0 bridgehead atoms. The van der Waals surface area contributed by atoms with E-state index >= 15 is 0 Å². The molecule has 0 aliphatic carbocycles. The van der Waals surface area contributed by atoms with Crippen LogP contribution in [0.4, 0.5) is 5.69 Å². The summed E-state index contributed by atoms with van der Waals surface area (Å²) >= 11 is 12.1. The average Bonchev–Trinajstić information content (AvgIpc) is 2.90. The van der Waals surface area contributed by atoms with E-state index in [2.05, 4.69) is 5.32 Å². The zero-order valence-corrected chi connectivity index (χ0v) is 12.4. The van der Waals surface area contributed by atoms with Crippen LogP contribution in [-0.2, 0) is 11.2 Å². The Morgan fingerprint density at radius 1 is 1.10 bits per heavy atom. The van der Waals surface area contributed by atoms with Gasteiger partial charge in [-0.1, -0.05) is 29.3 Å². The summed E-state index contributed by atoms with van der Waals surface area (Å²) in [7, 11) is 0. The summed E-state index contributed by atoms with van der Waals surface area (Å²) < 4.78 is 10.5. The van der Waals surface area contributed by atoms with Crippen LogP contribution in [0.15, 0.2) is 36.4 Å². The zero-order valence-electron chi connectivity index (χ0n) is 10.9. The summed E-state index contributed by atoms with van der Waals surface area (Å²) in [6.07, 6.45) is 0.104. The molecule has 4 nitrogen and oxygen atoms in total. The number of hydrogen-bond acceptors (Lipinski definition) is 3. The van der Waals surface area contributed by atoms with Crippen LogP contribution in [-0.4, -0.2) is 12.7 Å². The Morgan fingerprint density at radius 2 is 1.81 bits per heavy atom. The van der Waals surface area contributed by atoms with Crippen molar-refractivity contribution in [1.82, 2.24) is 0 Å². The first kappa shape index (κ1) is 14.0. The van der Waals surface area contributed by atoms with Gasteiger partial charge in [0.15, 0.2) is 11.5 Å². The van der Waals surface area contributed by atoms with Gasteiger partial charge < -0.3 is 14.8 Å². The van der Waals surface area contributed by atoms with E-state index in [-0.39, 0.29) is 19.1 Å². The number of nitrogens with one attached hydrogen (secondary N) is 1. The molecule has 6 heteroatoms. The van der Waals surface area contributed by atoms with E-state index < -0.39 is 0 Å². The van der Waals surface area contributed by atoms with Crippen molar-refractivity contribution in [2.45, 2.75) is 6.42 Å². The molecule has 0 spiro atoms. The van der Waals surface area contributed by atoms with Gasteiger partial charge in [0, 0.05) is 21.8 Å². The van der Waals surface area contributed by atoms with Crippen LogP contribution in [0.1, 0.15) is 5.56 Å². The summed E-state index contributed by atoms with van der Waals surface area (Å²) in [5.74, 6) is 1.08. The van der Waals surface area contributed by atoms with Crippen LogP contribution in [0, 0.1) is 0 Å². The lowest BCUT2D eigenvalue weighted by molar-refractivity contribution is -0.115. The Balaban J connectivity index is 1.72. The average molecular weight is 324 g/mol. The standard InChI is InChI=1S/C15H11Cl2NO3/c16-11-2-1-3-12(17)10(11)7-15(19)18-9-4-5-13-14(6-9)21-8-20-13/h1-6H,7-8H2,(H,18,19). The number of halogens is 2. The van der Waals surface area contributed by atoms with Gasteiger partial charge in [-0.3, -0.25) is 4.79 Å². The van der Waals surface area contributed by atoms with E-state index in [1.807, 2.05) is 0 Å². The Hall–Kier alpha value is -1.91. The van der Waals surface area contributed by atoms with Crippen molar-refractivity contribution in [3.63, 3.8) is 0 Å². The van der Waals surface area contributed by atoms with Crippen molar-refractivity contribution in [3.05, 3.63) is 52.0 Å². The van der Waals surface area contributed by atoms with Crippen LogP contribution < -0.4 is 14.8 Å². The van der Waals surface area contributed by atoms with Crippen molar-refractivity contribution >= 4 is 34.8 Å². The van der Waals surface area contributed by atoms with Crippen molar-refractivity contribution in [1.29, 1.82) is 0 Å². The minimum Gasteiger partial charge on any atom is -0.454 e. The zero-order chi connectivity index (χ0) is 14.8. The van der Waals surface area contributed by atoms with E-state index in [9.17, 15) is 4.79 Å². The van der Waals surface area contributed by atoms with Crippen molar-refractivity contribution < 1.29 is 14.3 Å². The van der Waals surface area contributed by atoms with Crippen LogP contribution >= 0.6 is 23.2 Å². The number of anilines is 1. The third-order valence-electron chi connectivity index (χ3n) is 3.06. The number of ether oxygens (including phenoxy) is 2. The molecule has 3 rings (SSSR count). The molecular formula is C15H11Cl2NO3. The number of carbonyl (C=O) groups is 1. The predicted molar refractivity (Wildman–Crippen MR) is 81.4 cm³/mol. The summed E-state index contributed by atoms with van der Waals surface area (Å²) in [6, 6.07) is 10.4. The molecule has 2 aromatic carbocycles. The molecule has 0 saturated heterocycles. The molecule has 0 aromatic heterocycles. The number of carbonyl (C=O) groups excluding carboxylic acids is 1. The van der Waals surface area contributed by atoms with Gasteiger partial charge in [-0.05, 0) is 29.8 Å². The number of fused-ring (bicyclic) bond motifs is 1. The van der Waals surface area contributed by atoms with Gasteiger partial charge in [0.2, 0.25) is 12.7 Å². The van der Waals surface area contributed by atoms with Crippen LogP contribution in [0.25, 0.3) is 0 Å². The van der Waals surface area contributed by atoms with E-state index in [1.165, 1.54) is 0 Å². The lowest BCUT2D eigenvalue weighted by Gasteiger charge is -2.08. The molecule has 1 aliphatic heterocycles. The summed E-state index contributed by atoms with van der Waals surface area (Å²) in [4.78, 5) is 12.1. The van der Waals surface area contributed by atoms with Crippen molar-refractivity contribution in [2.24, 2.45) is 0 Å². The Kier molecular flexibility index (Phi) is 3.90. The highest BCUT2D eigenvalue weighted by molar-refractivity contribution is 6.36. The molecule has 108 valence electrons. The number of amides is 1. The molecule has 0 fully saturated rings. The summed E-state index contributed by atoms with van der Waals surface area (Å²) in [5, 5.41) is 3.73. The normalized spacial score (nSPS) is 12.3. The molecule has 1 aliphatic rings. The van der Waals surface area contributed by atoms with E-state index in [1.54, 1.807) is 36.4 Å². The van der Waals surface area contributed by atoms with E-state index in [0.29, 0.717) is 32.8 Å². The number of benzene rings is 2. The van der Waals surface area contributed by atoms with Gasteiger partial charge in [0.25, 0.3) is 0 Å². The fourth-order valence-corrected chi connectivity index (χ4v) is 2.57. The molecule has 1 N–H and O–H groups in total. The minimum absolute atomic E-state index is 0.104. The first-order chi connectivity index (χ1) is 10.1. The van der Waals surface area contributed by atoms with E-state index in [4.69, 9.17) is 32.7 Å². The first-order valence-corrected chi connectivity index (χ1v) is 7.01. The number of rotatable bonds is 3. The van der Waals surface area contributed by atoms with Crippen LogP contribution in [0.3, 0.4) is 0 Å². The highest BCUT2D eigenvalue weighted by Crippen LogP contribution is 2.34.